The Labute approximate surface area is 102 Å². The van der Waals surface area contributed by atoms with Crippen LogP contribution in [0.2, 0.25) is 0 Å². The van der Waals surface area contributed by atoms with Crippen LogP contribution in [0.25, 0.3) is 0 Å². The first-order valence-corrected chi connectivity index (χ1v) is 5.84. The second kappa shape index (κ2) is 6.39. The molecule has 1 aromatic rings. The van der Waals surface area contributed by atoms with E-state index in [1.54, 1.807) is 12.5 Å². The Morgan fingerprint density at radius 1 is 1.47 bits per heavy atom. The topological polar surface area (TPSA) is 56.1 Å². The van der Waals surface area contributed by atoms with Crippen LogP contribution in [-0.4, -0.2) is 34.7 Å². The lowest BCUT2D eigenvalue weighted by Crippen LogP contribution is -2.43. The molecule has 5 heteroatoms. The summed E-state index contributed by atoms with van der Waals surface area (Å²) in [7, 11) is 1.42. The van der Waals surface area contributed by atoms with E-state index in [0.29, 0.717) is 0 Å². The normalized spacial score (nSPS) is 16.2. The van der Waals surface area contributed by atoms with Crippen molar-refractivity contribution in [2.24, 2.45) is 5.92 Å². The van der Waals surface area contributed by atoms with Gasteiger partial charge in [0.1, 0.15) is 0 Å². The molecule has 96 valence electrons. The number of aromatic nitrogens is 2. The Kier molecular flexibility index (Phi) is 5.15. The van der Waals surface area contributed by atoms with Crippen molar-refractivity contribution in [1.82, 2.24) is 14.9 Å². The van der Waals surface area contributed by atoms with Crippen LogP contribution in [0.4, 0.5) is 0 Å². The Balaban J connectivity index is 2.40. The Morgan fingerprint density at radius 2 is 2.18 bits per heavy atom. The minimum Gasteiger partial charge on any atom is -0.469 e. The van der Waals surface area contributed by atoms with Crippen LogP contribution in [0.1, 0.15) is 20.8 Å². The molecular weight excluding hydrogens is 218 g/mol. The smallest absolute Gasteiger partial charge is 0.309 e. The molecule has 3 unspecified atom stereocenters. The SMILES string of the molecule is COC(=O)C(C)C(C)NC(C)Cn1ccnc1. The molecule has 5 nitrogen and oxygen atoms in total. The fraction of sp³-hybridized carbons (Fsp3) is 0.667. The van der Waals surface area contributed by atoms with E-state index < -0.39 is 0 Å². The molecule has 3 atom stereocenters. The van der Waals surface area contributed by atoms with E-state index >= 15 is 0 Å². The molecule has 0 amide bonds. The number of methoxy groups -OCH3 is 1. The summed E-state index contributed by atoms with van der Waals surface area (Å²) in [6.45, 7) is 6.78. The molecule has 0 bridgehead atoms. The maximum absolute atomic E-state index is 11.4. The molecule has 1 heterocycles. The van der Waals surface area contributed by atoms with Gasteiger partial charge in [0.25, 0.3) is 0 Å². The molecule has 0 aliphatic rings. The molecule has 0 aliphatic carbocycles. The van der Waals surface area contributed by atoms with Gasteiger partial charge < -0.3 is 14.6 Å². The molecule has 0 fully saturated rings. The minimum absolute atomic E-state index is 0.0842. The van der Waals surface area contributed by atoms with Crippen molar-refractivity contribution in [3.8, 4) is 0 Å². The van der Waals surface area contributed by atoms with Crippen molar-refractivity contribution in [2.45, 2.75) is 39.4 Å². The van der Waals surface area contributed by atoms with Crippen LogP contribution in [0.15, 0.2) is 18.7 Å². The number of rotatable bonds is 6. The number of nitrogens with one attached hydrogen (secondary N) is 1. The van der Waals surface area contributed by atoms with E-state index in [1.807, 2.05) is 24.6 Å². The van der Waals surface area contributed by atoms with Crippen LogP contribution >= 0.6 is 0 Å². The second-order valence-corrected chi connectivity index (χ2v) is 4.43. The first-order valence-electron chi connectivity index (χ1n) is 5.84. The highest BCUT2D eigenvalue weighted by molar-refractivity contribution is 5.72. The molecule has 0 saturated carbocycles. The average Bonchev–Trinajstić information content (AvgIpc) is 2.79. The first-order chi connectivity index (χ1) is 8.04. The van der Waals surface area contributed by atoms with Gasteiger partial charge in [0.2, 0.25) is 0 Å². The number of hydrogen-bond acceptors (Lipinski definition) is 4. The average molecular weight is 239 g/mol. The molecule has 1 aromatic heterocycles. The summed E-state index contributed by atoms with van der Waals surface area (Å²) in [5, 5.41) is 3.38. The molecule has 0 radical (unpaired) electrons. The predicted molar refractivity (Wildman–Crippen MR) is 65.5 cm³/mol. The van der Waals surface area contributed by atoms with Crippen molar-refractivity contribution >= 4 is 5.97 Å². The van der Waals surface area contributed by atoms with Crippen LogP contribution in [0.5, 0.6) is 0 Å². The monoisotopic (exact) mass is 239 g/mol. The third-order valence-corrected chi connectivity index (χ3v) is 2.91. The van der Waals surface area contributed by atoms with Gasteiger partial charge in [0, 0.05) is 31.0 Å². The fourth-order valence-corrected chi connectivity index (χ4v) is 1.75. The molecule has 0 aliphatic heterocycles. The van der Waals surface area contributed by atoms with E-state index in [0.717, 1.165) is 6.54 Å². The standard InChI is InChI=1S/C12H21N3O2/c1-9(7-15-6-5-13-8-15)14-11(3)10(2)12(16)17-4/h5-6,8-11,14H,7H2,1-4H3. The van der Waals surface area contributed by atoms with E-state index in [-0.39, 0.29) is 24.0 Å². The number of nitrogens with zero attached hydrogens (tertiary/aromatic N) is 2. The largest absolute Gasteiger partial charge is 0.469 e. The van der Waals surface area contributed by atoms with Gasteiger partial charge in [0.05, 0.1) is 19.4 Å². The summed E-state index contributed by atoms with van der Waals surface area (Å²) in [6, 6.07) is 0.354. The summed E-state index contributed by atoms with van der Waals surface area (Å²) < 4.78 is 6.73. The van der Waals surface area contributed by atoms with Crippen molar-refractivity contribution < 1.29 is 9.53 Å². The Hall–Kier alpha value is -1.36. The van der Waals surface area contributed by atoms with Crippen LogP contribution in [-0.2, 0) is 16.1 Å². The maximum Gasteiger partial charge on any atom is 0.309 e. The molecule has 0 spiro atoms. The fourth-order valence-electron chi connectivity index (χ4n) is 1.75. The summed E-state index contributed by atoms with van der Waals surface area (Å²) in [5.74, 6) is -0.329. The lowest BCUT2D eigenvalue weighted by atomic mass is 10.0. The number of carbonyl (C=O) groups excluding carboxylic acids is 1. The Morgan fingerprint density at radius 3 is 2.71 bits per heavy atom. The zero-order chi connectivity index (χ0) is 12.8. The quantitative estimate of drug-likeness (QED) is 0.754. The highest BCUT2D eigenvalue weighted by Crippen LogP contribution is 2.06. The summed E-state index contributed by atoms with van der Waals surface area (Å²) in [4.78, 5) is 15.4. The predicted octanol–water partition coefficient (Wildman–Crippen LogP) is 1.06. The van der Waals surface area contributed by atoms with Crippen molar-refractivity contribution in [2.75, 3.05) is 7.11 Å². The highest BCUT2D eigenvalue weighted by Gasteiger charge is 2.21. The second-order valence-electron chi connectivity index (χ2n) is 4.43. The van der Waals surface area contributed by atoms with Crippen molar-refractivity contribution in [3.63, 3.8) is 0 Å². The number of esters is 1. The number of hydrogen-bond donors (Lipinski definition) is 1. The molecule has 0 saturated heterocycles. The van der Waals surface area contributed by atoms with Gasteiger partial charge in [0.15, 0.2) is 0 Å². The molecule has 1 N–H and O–H groups in total. The lowest BCUT2D eigenvalue weighted by Gasteiger charge is -2.23. The van der Waals surface area contributed by atoms with Crippen molar-refractivity contribution in [1.29, 1.82) is 0 Å². The molecular formula is C12H21N3O2. The minimum atomic E-state index is -0.181. The van der Waals surface area contributed by atoms with E-state index in [1.165, 1.54) is 7.11 Å². The van der Waals surface area contributed by atoms with Crippen LogP contribution in [0, 0.1) is 5.92 Å². The van der Waals surface area contributed by atoms with Gasteiger partial charge >= 0.3 is 5.97 Å². The van der Waals surface area contributed by atoms with Gasteiger partial charge in [-0.05, 0) is 13.8 Å². The number of ether oxygens (including phenoxy) is 1. The van der Waals surface area contributed by atoms with Crippen LogP contribution < -0.4 is 5.32 Å². The van der Waals surface area contributed by atoms with Gasteiger partial charge in [-0.1, -0.05) is 6.92 Å². The maximum atomic E-state index is 11.4. The number of carbonyl (C=O) groups is 1. The Bertz CT molecular complexity index is 338. The van der Waals surface area contributed by atoms with E-state index in [4.69, 9.17) is 4.74 Å². The molecule has 17 heavy (non-hydrogen) atoms. The summed E-state index contributed by atoms with van der Waals surface area (Å²) in [5.41, 5.74) is 0. The lowest BCUT2D eigenvalue weighted by molar-refractivity contribution is -0.145. The van der Waals surface area contributed by atoms with E-state index in [9.17, 15) is 4.79 Å². The van der Waals surface area contributed by atoms with Crippen LogP contribution in [0.3, 0.4) is 0 Å². The summed E-state index contributed by atoms with van der Waals surface area (Å²) in [6.07, 6.45) is 5.46. The van der Waals surface area contributed by atoms with E-state index in [2.05, 4.69) is 17.2 Å². The van der Waals surface area contributed by atoms with Gasteiger partial charge in [-0.15, -0.1) is 0 Å². The highest BCUT2D eigenvalue weighted by atomic mass is 16.5. The summed E-state index contributed by atoms with van der Waals surface area (Å²) >= 11 is 0. The third kappa shape index (κ3) is 4.19. The van der Waals surface area contributed by atoms with Crippen molar-refractivity contribution in [3.05, 3.63) is 18.7 Å². The molecule has 0 aromatic carbocycles. The van der Waals surface area contributed by atoms with Gasteiger partial charge in [-0.3, -0.25) is 4.79 Å². The first kappa shape index (κ1) is 13.7. The zero-order valence-electron chi connectivity index (χ0n) is 10.9. The van der Waals surface area contributed by atoms with Gasteiger partial charge in [-0.25, -0.2) is 4.98 Å². The van der Waals surface area contributed by atoms with Gasteiger partial charge in [-0.2, -0.15) is 0 Å². The number of imidazole rings is 1. The molecule has 1 rings (SSSR count). The zero-order valence-corrected chi connectivity index (χ0v) is 10.9. The third-order valence-electron chi connectivity index (χ3n) is 2.91.